The summed E-state index contributed by atoms with van der Waals surface area (Å²) in [6.07, 6.45) is -4.60. The Hall–Kier alpha value is -2.83. The van der Waals surface area contributed by atoms with Gasteiger partial charge in [-0.25, -0.2) is 4.79 Å². The molecule has 0 aliphatic heterocycles. The lowest BCUT2D eigenvalue weighted by molar-refractivity contribution is -0.137. The zero-order valence-corrected chi connectivity index (χ0v) is 13.6. The molecule has 1 N–H and O–H groups in total. The molecule has 2 aromatic carbocycles. The van der Waals surface area contributed by atoms with Crippen molar-refractivity contribution < 1.29 is 27.5 Å². The van der Waals surface area contributed by atoms with Gasteiger partial charge in [-0.1, -0.05) is 29.8 Å². The van der Waals surface area contributed by atoms with Crippen LogP contribution in [0.2, 0.25) is 0 Å². The van der Waals surface area contributed by atoms with E-state index in [0.717, 1.165) is 17.7 Å². The van der Waals surface area contributed by atoms with E-state index >= 15 is 0 Å². The monoisotopic (exact) mass is 351 g/mol. The number of benzene rings is 2. The number of amides is 1. The van der Waals surface area contributed by atoms with Gasteiger partial charge in [-0.2, -0.15) is 13.2 Å². The first-order chi connectivity index (χ1) is 11.7. The van der Waals surface area contributed by atoms with Gasteiger partial charge in [-0.15, -0.1) is 0 Å². The summed E-state index contributed by atoms with van der Waals surface area (Å²) in [4.78, 5) is 23.8. The van der Waals surface area contributed by atoms with E-state index in [0.29, 0.717) is 11.1 Å². The highest BCUT2D eigenvalue weighted by Crippen LogP contribution is 2.34. The maximum Gasteiger partial charge on any atom is 0.418 e. The Morgan fingerprint density at radius 3 is 2.40 bits per heavy atom. The van der Waals surface area contributed by atoms with E-state index in [-0.39, 0.29) is 5.69 Å². The van der Waals surface area contributed by atoms with Gasteiger partial charge in [-0.05, 0) is 37.6 Å². The van der Waals surface area contributed by atoms with Crippen LogP contribution < -0.4 is 5.32 Å². The van der Waals surface area contributed by atoms with Crippen molar-refractivity contribution in [2.75, 3.05) is 11.9 Å². The second kappa shape index (κ2) is 7.38. The van der Waals surface area contributed by atoms with Gasteiger partial charge in [0, 0.05) is 0 Å². The highest BCUT2D eigenvalue weighted by Gasteiger charge is 2.33. The van der Waals surface area contributed by atoms with Gasteiger partial charge >= 0.3 is 12.1 Å². The largest absolute Gasteiger partial charge is 0.452 e. The smallest absolute Gasteiger partial charge is 0.418 e. The summed E-state index contributed by atoms with van der Waals surface area (Å²) in [6, 6.07) is 9.67. The number of hydrogen-bond donors (Lipinski definition) is 1. The third-order valence-electron chi connectivity index (χ3n) is 3.44. The fourth-order valence-electron chi connectivity index (χ4n) is 2.28. The summed E-state index contributed by atoms with van der Waals surface area (Å²) in [6.45, 7) is 2.91. The number of nitrogens with one attached hydrogen (secondary N) is 1. The van der Waals surface area contributed by atoms with Crippen LogP contribution in [0.15, 0.2) is 42.5 Å². The summed E-state index contributed by atoms with van der Waals surface area (Å²) in [5.41, 5.74) is 0.601. The van der Waals surface area contributed by atoms with Gasteiger partial charge in [0.2, 0.25) is 0 Å². The Labute approximate surface area is 142 Å². The molecule has 1 amide bonds. The SMILES string of the molecule is Cc1ccc(C(=O)OCC(=O)Nc2ccccc2C(F)(F)F)c(C)c1. The maximum atomic E-state index is 12.9. The molecule has 0 spiro atoms. The molecule has 4 nitrogen and oxygen atoms in total. The zero-order valence-electron chi connectivity index (χ0n) is 13.6. The number of para-hydroxylation sites is 1. The highest BCUT2D eigenvalue weighted by molar-refractivity contribution is 5.96. The van der Waals surface area contributed by atoms with Gasteiger partial charge in [0.1, 0.15) is 0 Å². The molecule has 25 heavy (non-hydrogen) atoms. The van der Waals surface area contributed by atoms with Gasteiger partial charge < -0.3 is 10.1 Å². The lowest BCUT2D eigenvalue weighted by Crippen LogP contribution is -2.23. The number of carbonyl (C=O) groups excluding carboxylic acids is 2. The van der Waals surface area contributed by atoms with Gasteiger partial charge in [0.25, 0.3) is 5.91 Å². The number of aryl methyl sites for hydroxylation is 2. The molecule has 0 aliphatic carbocycles. The highest BCUT2D eigenvalue weighted by atomic mass is 19.4. The molecule has 0 aromatic heterocycles. The molecule has 0 fully saturated rings. The number of hydrogen-bond acceptors (Lipinski definition) is 3. The lowest BCUT2D eigenvalue weighted by atomic mass is 10.1. The molecule has 7 heteroatoms. The number of alkyl halides is 3. The van der Waals surface area contributed by atoms with E-state index in [1.807, 2.05) is 6.92 Å². The van der Waals surface area contributed by atoms with Crippen molar-refractivity contribution in [1.82, 2.24) is 0 Å². The zero-order chi connectivity index (χ0) is 18.6. The van der Waals surface area contributed by atoms with Crippen LogP contribution in [-0.4, -0.2) is 18.5 Å². The third-order valence-corrected chi connectivity index (χ3v) is 3.44. The summed E-state index contributed by atoms with van der Waals surface area (Å²) < 4.78 is 43.5. The minimum atomic E-state index is -4.60. The first-order valence-corrected chi connectivity index (χ1v) is 7.39. The van der Waals surface area contributed by atoms with Crippen molar-refractivity contribution in [3.05, 3.63) is 64.7 Å². The van der Waals surface area contributed by atoms with Crippen LogP contribution in [0.25, 0.3) is 0 Å². The molecular weight excluding hydrogens is 335 g/mol. The minimum Gasteiger partial charge on any atom is -0.452 e. The molecular formula is C18H16F3NO3. The van der Waals surface area contributed by atoms with E-state index < -0.39 is 30.2 Å². The van der Waals surface area contributed by atoms with E-state index in [4.69, 9.17) is 4.74 Å². The average Bonchev–Trinajstić information content (AvgIpc) is 2.52. The van der Waals surface area contributed by atoms with Crippen molar-refractivity contribution in [2.24, 2.45) is 0 Å². The Morgan fingerprint density at radius 1 is 1.08 bits per heavy atom. The van der Waals surface area contributed by atoms with Gasteiger partial charge in [-0.3, -0.25) is 4.79 Å². The van der Waals surface area contributed by atoms with Crippen molar-refractivity contribution in [3.8, 4) is 0 Å². The quantitative estimate of drug-likeness (QED) is 0.843. The fourth-order valence-corrected chi connectivity index (χ4v) is 2.28. The number of anilines is 1. The predicted octanol–water partition coefficient (Wildman–Crippen LogP) is 4.12. The number of halogens is 3. The summed E-state index contributed by atoms with van der Waals surface area (Å²) in [5.74, 6) is -1.56. The van der Waals surface area contributed by atoms with E-state index in [9.17, 15) is 22.8 Å². The van der Waals surface area contributed by atoms with Crippen LogP contribution in [0, 0.1) is 13.8 Å². The Bertz CT molecular complexity index is 800. The van der Waals surface area contributed by atoms with Gasteiger partial charge in [0.15, 0.2) is 6.61 Å². The minimum absolute atomic E-state index is 0.300. The van der Waals surface area contributed by atoms with Crippen molar-refractivity contribution in [1.29, 1.82) is 0 Å². The second-order valence-corrected chi connectivity index (χ2v) is 5.49. The van der Waals surface area contributed by atoms with Crippen LogP contribution in [0.4, 0.5) is 18.9 Å². The Morgan fingerprint density at radius 2 is 1.76 bits per heavy atom. The molecule has 0 heterocycles. The fraction of sp³-hybridized carbons (Fsp3) is 0.222. The topological polar surface area (TPSA) is 55.4 Å². The first kappa shape index (κ1) is 18.5. The standard InChI is InChI=1S/C18H16F3NO3/c1-11-7-8-13(12(2)9-11)17(24)25-10-16(23)22-15-6-4-3-5-14(15)18(19,20)21/h3-9H,10H2,1-2H3,(H,22,23). The normalized spacial score (nSPS) is 11.1. The van der Waals surface area contributed by atoms with Crippen LogP contribution >= 0.6 is 0 Å². The third kappa shape index (κ3) is 4.82. The van der Waals surface area contributed by atoms with Gasteiger partial charge in [0.05, 0.1) is 16.8 Å². The average molecular weight is 351 g/mol. The predicted molar refractivity (Wildman–Crippen MR) is 86.3 cm³/mol. The number of carbonyl (C=O) groups is 2. The van der Waals surface area contributed by atoms with Crippen LogP contribution in [0.5, 0.6) is 0 Å². The molecule has 0 atom stereocenters. The Kier molecular flexibility index (Phi) is 5.46. The molecule has 0 radical (unpaired) electrons. The lowest BCUT2D eigenvalue weighted by Gasteiger charge is -2.13. The molecule has 0 unspecified atom stereocenters. The van der Waals surface area contributed by atoms with E-state index in [1.165, 1.54) is 12.1 Å². The second-order valence-electron chi connectivity index (χ2n) is 5.49. The molecule has 0 aliphatic rings. The first-order valence-electron chi connectivity index (χ1n) is 7.39. The number of esters is 1. The maximum absolute atomic E-state index is 12.9. The molecule has 2 rings (SSSR count). The summed E-state index contributed by atoms with van der Waals surface area (Å²) in [7, 11) is 0. The molecule has 0 saturated carbocycles. The molecule has 0 saturated heterocycles. The summed E-state index contributed by atoms with van der Waals surface area (Å²) in [5, 5.41) is 2.11. The van der Waals surface area contributed by atoms with E-state index in [1.54, 1.807) is 25.1 Å². The van der Waals surface area contributed by atoms with Crippen molar-refractivity contribution in [3.63, 3.8) is 0 Å². The molecule has 2 aromatic rings. The number of ether oxygens (including phenoxy) is 1. The van der Waals surface area contributed by atoms with E-state index in [2.05, 4.69) is 5.32 Å². The number of rotatable bonds is 4. The Balaban J connectivity index is 2.01. The van der Waals surface area contributed by atoms with Crippen molar-refractivity contribution >= 4 is 17.6 Å². The summed E-state index contributed by atoms with van der Waals surface area (Å²) >= 11 is 0. The van der Waals surface area contributed by atoms with Crippen LogP contribution in [-0.2, 0) is 15.7 Å². The van der Waals surface area contributed by atoms with Crippen LogP contribution in [0.1, 0.15) is 27.0 Å². The molecule has 0 bridgehead atoms. The van der Waals surface area contributed by atoms with Crippen LogP contribution in [0.3, 0.4) is 0 Å². The van der Waals surface area contributed by atoms with Crippen molar-refractivity contribution in [2.45, 2.75) is 20.0 Å². The molecule has 132 valence electrons.